The Morgan fingerprint density at radius 3 is 1.10 bits per heavy atom. The summed E-state index contributed by atoms with van der Waals surface area (Å²) in [4.78, 5) is 0. The number of hydrogen-bond donors (Lipinski definition) is 0. The minimum absolute atomic E-state index is 0. The molecule has 0 unspecified atom stereocenters. The van der Waals surface area contributed by atoms with Gasteiger partial charge in [0.2, 0.25) is 0 Å². The molecule has 0 saturated carbocycles. The van der Waals surface area contributed by atoms with E-state index in [0.29, 0.717) is 0 Å². The van der Waals surface area contributed by atoms with Gasteiger partial charge in [-0.2, -0.15) is 157 Å². The molecular weight excluding hydrogens is 2420 g/mol. The Balaban J connectivity index is 0.000000165. The van der Waals surface area contributed by atoms with Crippen molar-refractivity contribution in [1.82, 2.24) is 0 Å². The van der Waals surface area contributed by atoms with Gasteiger partial charge in [0.05, 0.1) is 0 Å². The molecule has 144 heavy (non-hydrogen) atoms. The van der Waals surface area contributed by atoms with E-state index in [1.165, 1.54) is 228 Å². The van der Waals surface area contributed by atoms with Gasteiger partial charge in [0.1, 0.15) is 0 Å². The first-order chi connectivity index (χ1) is 66.5. The summed E-state index contributed by atoms with van der Waals surface area (Å²) in [5, 5.41) is 0. The fraction of sp³-hybridized carbons (Fsp3) is 0.104. The number of rotatable bonds is 9. The van der Waals surface area contributed by atoms with Gasteiger partial charge in [-0.3, -0.25) is 0 Å². The summed E-state index contributed by atoms with van der Waals surface area (Å²) in [7, 11) is 0. The second-order valence-electron chi connectivity index (χ2n) is 35.0. The number of hydrogen-bond acceptors (Lipinski definition) is 0. The van der Waals surface area contributed by atoms with Gasteiger partial charge in [0, 0.05) is 294 Å². The Morgan fingerprint density at radius 1 is 0.215 bits per heavy atom. The van der Waals surface area contributed by atoms with Crippen molar-refractivity contribution in [3.8, 4) is 100 Å². The van der Waals surface area contributed by atoms with Crippen LogP contribution >= 0.6 is 0 Å². The molecule has 0 nitrogen and oxygen atoms in total. The smallest absolute Gasteiger partial charge is 0 e. The van der Waals surface area contributed by atoms with Crippen LogP contribution in [0.25, 0.3) is 124 Å². The summed E-state index contributed by atoms with van der Waals surface area (Å²) in [6.07, 6.45) is 19.8. The van der Waals surface area contributed by atoms with Gasteiger partial charge in [-0.25, -0.2) is 48.0 Å². The Kier molecular flexibility index (Phi) is 48.7. The van der Waals surface area contributed by atoms with E-state index in [4.69, 9.17) is 26.3 Å². The third-order valence-electron chi connectivity index (χ3n) is 27.1. The summed E-state index contributed by atoms with van der Waals surface area (Å²) >= 11 is 0. The van der Waals surface area contributed by atoms with Crippen molar-refractivity contribution in [2.75, 3.05) is 0 Å². The van der Waals surface area contributed by atoms with Crippen LogP contribution in [0.2, 0.25) is 0 Å². The molecule has 0 N–H and O–H groups in total. The van der Waals surface area contributed by atoms with E-state index in [2.05, 4.69) is 380 Å². The maximum absolute atomic E-state index is 5.60. The molecule has 0 atom stereocenters. The number of benzene rings is 18. The minimum atomic E-state index is 0. The van der Waals surface area contributed by atoms with Gasteiger partial charge in [0.15, 0.2) is 0 Å². The Hall–Kier alpha value is -5.14. The zero-order valence-corrected chi connectivity index (χ0v) is 107. The molecule has 0 aromatic heterocycles. The van der Waals surface area contributed by atoms with Gasteiger partial charge in [-0.1, -0.05) is 280 Å². The van der Waals surface area contributed by atoms with Gasteiger partial charge in [0.25, 0.3) is 0 Å². The first-order valence-electron chi connectivity index (χ1n) is 46.7. The van der Waals surface area contributed by atoms with Crippen molar-refractivity contribution in [3.05, 3.63) is 593 Å². The van der Waals surface area contributed by atoms with Crippen molar-refractivity contribution in [3.63, 3.8) is 0 Å². The van der Waals surface area contributed by atoms with Crippen LogP contribution in [0.15, 0.2) is 328 Å². The van der Waals surface area contributed by atoms with Crippen LogP contribution in [-0.4, -0.2) is 0 Å². The van der Waals surface area contributed by atoms with Crippen LogP contribution in [0.1, 0.15) is 150 Å². The van der Waals surface area contributed by atoms with Crippen molar-refractivity contribution in [2.24, 2.45) is 0 Å². The van der Waals surface area contributed by atoms with Crippen LogP contribution in [0.3, 0.4) is 0 Å². The molecule has 9 aliphatic rings. The van der Waals surface area contributed by atoms with E-state index in [0.717, 1.165) is 112 Å². The van der Waals surface area contributed by atoms with Gasteiger partial charge in [-0.15, -0.1) is 108 Å². The Labute approximate surface area is 1080 Å². The normalized spacial score (nSPS) is 11.4. The molecule has 0 saturated heterocycles. The fourth-order valence-corrected chi connectivity index (χ4v) is 20.3. The summed E-state index contributed by atoms with van der Waals surface area (Å²) in [5.74, 6) is 0. The monoisotopic (exact) mass is 2520 g/mol. The maximum atomic E-state index is 5.60. The van der Waals surface area contributed by atoms with E-state index in [9.17, 15) is 0 Å². The topological polar surface area (TPSA) is 0 Å². The first kappa shape index (κ1) is 121. The molecule has 9 radical (unpaired) electrons. The quantitative estimate of drug-likeness (QED) is 0.126. The largest absolute Gasteiger partial charge is 0.344 e. The SMILES string of the molecule is [CH-]=Cc1[c-]c2c(cc1)-c1ccccc1C2.[CH-]=Cc1[c-]cc2c(c1)-c1ccccc1C2.[CH-]=Cc1[c-]cc2c(c1)Cc1ccccc1-2.[CH-]=Cc1[c-]ccc2c1Cc1ccccc1-2.[CH2-]Cc1[c-]c2c(cc1)Cc1ccccc1-2.[CH2-]Cc1[c-]cc2c(c1)-c1ccccc1C2.[CH2-]Cc1[c-]cc2c(c1)Cc1ccccc1-2.[CH2-]Cc1[c-]ccc2c1-c1ccccc1C2.[CH2-]Cc1[c-]ccc2c1Cc1ccccc1-2.[Y].[Y].[Y].[Y].[Y].[Y].[Y].[Y].[Y]. The Bertz CT molecular complexity index is 7330. The zero-order valence-electron chi connectivity index (χ0n) is 81.4. The minimum Gasteiger partial charge on any atom is -0.344 e. The van der Waals surface area contributed by atoms with Crippen molar-refractivity contribution < 1.29 is 294 Å². The molecule has 0 amide bonds. The van der Waals surface area contributed by atoms with E-state index in [1.807, 2.05) is 36.4 Å². The van der Waals surface area contributed by atoms with Gasteiger partial charge >= 0.3 is 0 Å². The molecule has 27 rings (SSSR count). The number of fused-ring (bicyclic) bond motifs is 27. The molecule has 0 heterocycles. The average molecular weight is 2520 g/mol. The first-order valence-corrected chi connectivity index (χ1v) is 46.7. The molecule has 9 aliphatic carbocycles. The average Bonchev–Trinajstić information content (AvgIpc) is 1.62. The van der Waals surface area contributed by atoms with Crippen molar-refractivity contribution in [2.45, 2.75) is 89.9 Å². The third kappa shape index (κ3) is 27.4. The molecule has 685 valence electrons. The molecule has 0 fully saturated rings. The fourth-order valence-electron chi connectivity index (χ4n) is 20.3. The van der Waals surface area contributed by atoms with Crippen molar-refractivity contribution in [1.29, 1.82) is 0 Å². The molecule has 18 aromatic carbocycles. The maximum Gasteiger partial charge on any atom is 0 e. The van der Waals surface area contributed by atoms with E-state index >= 15 is 0 Å². The van der Waals surface area contributed by atoms with Crippen LogP contribution in [0.5, 0.6) is 0 Å². The van der Waals surface area contributed by atoms with Crippen LogP contribution in [0, 0.1) is 116 Å². The molecule has 0 spiro atoms. The second kappa shape index (κ2) is 58.1. The van der Waals surface area contributed by atoms with E-state index in [1.54, 1.807) is 24.3 Å². The van der Waals surface area contributed by atoms with Gasteiger partial charge in [-0.05, 0) is 107 Å². The zero-order chi connectivity index (χ0) is 92.3. The summed E-state index contributed by atoms with van der Waals surface area (Å²) in [6, 6.07) is 145. The molecule has 18 aromatic rings. The predicted octanol–water partition coefficient (Wildman–Crippen LogP) is 31.2. The van der Waals surface area contributed by atoms with Crippen LogP contribution < -0.4 is 0 Å². The van der Waals surface area contributed by atoms with E-state index < -0.39 is 0 Å². The third-order valence-corrected chi connectivity index (χ3v) is 27.1. The van der Waals surface area contributed by atoms with Crippen LogP contribution in [-0.2, 0) is 384 Å². The second-order valence-corrected chi connectivity index (χ2v) is 35.0. The predicted molar refractivity (Wildman–Crippen MR) is 562 cm³/mol. The van der Waals surface area contributed by atoms with Gasteiger partial charge < -0.3 is 107 Å². The molecule has 0 aliphatic heterocycles. The summed E-state index contributed by atoms with van der Waals surface area (Å²) in [6.45, 7) is 41.7. The standard InChI is InChI=1S/2C15H12.C15H10.C15H12.2C15H10.2C15H12.C15H10.9Y/c1-2-11-7-5-8-13-10-12-6-3-4-9-14(12)15(11)13;2*1-2-11-7-5-9-14-13-8-4-3-6-12(13)10-15(11)14;3*1-2-11-7-8-15-13(9-11)10-12-5-3-4-6-14(12)15;3*1-2-11-7-8-13-10-12-5-3-4-6-14(12)15(13)9-11;;;;;;;;;/h2*3-6,8-9H,1-2,10H2;1-6,8-9H,10H2;3-6,8-9H,1-2,10H2;1-6,8-9H,10H2;1-8H,10H2;3-6,8-9H,1-2,10H2;3-8H,1-2,10H2;1-6,8-9H,10H2;;;;;;;;;/q9*-2;;;;;;;;;. The van der Waals surface area contributed by atoms with Crippen LogP contribution in [0.4, 0.5) is 0 Å². The molecule has 0 bridgehead atoms. The Morgan fingerprint density at radius 2 is 0.583 bits per heavy atom. The molecule has 9 heteroatoms. The van der Waals surface area contributed by atoms with E-state index in [-0.39, 0.29) is 294 Å². The van der Waals surface area contributed by atoms with Crippen molar-refractivity contribution >= 4 is 24.3 Å². The summed E-state index contributed by atoms with van der Waals surface area (Å²) < 4.78 is 0. The summed E-state index contributed by atoms with van der Waals surface area (Å²) in [5.41, 5.74) is 59.3. The molecular formula is C135H100Y9-18.